The number of ether oxygens (including phenoxy) is 1. The quantitative estimate of drug-likeness (QED) is 0.135. The van der Waals surface area contributed by atoms with Crippen molar-refractivity contribution < 1.29 is 61.7 Å². The van der Waals surface area contributed by atoms with E-state index in [9.17, 15) is 13.0 Å². The van der Waals surface area contributed by atoms with E-state index < -0.39 is 10.4 Å². The molecule has 9 heteroatoms. The normalized spacial score (nSPS) is 7.20. The molecule has 1 atom stereocenters. The van der Waals surface area contributed by atoms with Gasteiger partial charge >= 0.3 is 29.6 Å². The second-order valence-electron chi connectivity index (χ2n) is 4.34. The van der Waals surface area contributed by atoms with Crippen molar-refractivity contribution in [1.82, 2.24) is 0 Å². The minimum atomic E-state index is -4.50. The van der Waals surface area contributed by atoms with Crippen LogP contribution in [-0.2, 0) is 19.3 Å². The summed E-state index contributed by atoms with van der Waals surface area (Å²) in [7, 11) is -4.50. The van der Waals surface area contributed by atoms with Crippen LogP contribution in [0.15, 0.2) is 118 Å². The first-order valence-corrected chi connectivity index (χ1v) is 13.6. The molecule has 41 heavy (non-hydrogen) atoms. The van der Waals surface area contributed by atoms with Crippen LogP contribution < -0.4 is 29.6 Å². The molecule has 7 nitrogen and oxygen atoms in total. The topological polar surface area (TPSA) is 116 Å². The van der Waals surface area contributed by atoms with Gasteiger partial charge in [0.2, 0.25) is 10.4 Å². The Hall–Kier alpha value is -1.59. The van der Waals surface area contributed by atoms with E-state index in [1.807, 2.05) is 20.8 Å². The summed E-state index contributed by atoms with van der Waals surface area (Å²) in [4.78, 5) is 0. The fourth-order valence-electron chi connectivity index (χ4n) is 1.28. The van der Waals surface area contributed by atoms with E-state index >= 15 is 0 Å². The fraction of sp³-hybridized carbons (Fsp3) is 0.438. The Bertz CT molecular complexity index is 380. The van der Waals surface area contributed by atoms with Crippen LogP contribution in [0.25, 0.3) is 0 Å². The summed E-state index contributed by atoms with van der Waals surface area (Å²) >= 11 is 0. The second-order valence-corrected chi connectivity index (χ2v) is 5.39. The van der Waals surface area contributed by atoms with Gasteiger partial charge in [0.15, 0.2) is 0 Å². The van der Waals surface area contributed by atoms with Gasteiger partial charge in [-0.2, -0.15) is 0 Å². The van der Waals surface area contributed by atoms with Crippen molar-refractivity contribution >= 4 is 10.4 Å². The molecule has 0 radical (unpaired) electrons. The molecule has 0 aromatic carbocycles. The Balaban J connectivity index is -0.0000000217. The Morgan fingerprint density at radius 3 is 1.02 bits per heavy atom. The van der Waals surface area contributed by atoms with E-state index in [4.69, 9.17) is 14.9 Å². The van der Waals surface area contributed by atoms with Crippen molar-refractivity contribution in [2.45, 2.75) is 53.4 Å². The third-order valence-corrected chi connectivity index (χ3v) is 2.92. The minimum Gasteiger partial charge on any atom is -0.726 e. The molecular weight excluding hydrogens is 551 g/mol. The molecule has 0 aliphatic heterocycles. The molecule has 0 aliphatic carbocycles. The third kappa shape index (κ3) is 283. The van der Waals surface area contributed by atoms with Crippen LogP contribution in [0.2, 0.25) is 0 Å². The Morgan fingerprint density at radius 1 is 0.634 bits per heavy atom. The van der Waals surface area contributed by atoms with Crippen LogP contribution >= 0.6 is 0 Å². The van der Waals surface area contributed by atoms with Crippen LogP contribution in [0, 0.1) is 5.92 Å². The molecule has 0 saturated carbocycles. The summed E-state index contributed by atoms with van der Waals surface area (Å²) in [6.45, 7) is 63.5. The maximum Gasteiger partial charge on any atom is 1.00 e. The third-order valence-electron chi connectivity index (χ3n) is 2.50. The Labute approximate surface area is 281 Å². The van der Waals surface area contributed by atoms with E-state index in [1.54, 1.807) is 0 Å². The minimum absolute atomic E-state index is 0. The van der Waals surface area contributed by atoms with Gasteiger partial charge < -0.3 is 19.5 Å². The summed E-state index contributed by atoms with van der Waals surface area (Å²) in [6.07, 6.45) is 3.87. The van der Waals surface area contributed by atoms with Gasteiger partial charge in [-0.15, -0.1) is 118 Å². The van der Waals surface area contributed by atoms with Crippen molar-refractivity contribution in [3.05, 3.63) is 118 Å². The summed E-state index contributed by atoms with van der Waals surface area (Å²) < 4.78 is 39.5. The standard InChI is InChI=1S/C8H18O4S.C4H10O.C2H6O2.9C2H4.Na/c1-3-5-6-8(4-2)7-12-13(9,10)11;1-3-5-4-2;3-1-2-4;9*1-2;/h8H,3-7H2,1-2H3,(H,9,10,11);3-4H2,1-2H3;3-4H,1-2H2;9*1-2H2;/q;;;;;;;;;;;;+1/p-1. The first-order valence-electron chi connectivity index (χ1n) is 12.2. The summed E-state index contributed by atoms with van der Waals surface area (Å²) in [5.74, 6) is 0.184. The van der Waals surface area contributed by atoms with E-state index in [-0.39, 0.29) is 55.3 Å². The molecule has 246 valence electrons. The zero-order chi connectivity index (χ0) is 35.9. The monoisotopic (exact) mass is 620 g/mol. The maximum absolute atomic E-state index is 10.1. The van der Waals surface area contributed by atoms with E-state index in [0.29, 0.717) is 0 Å². The van der Waals surface area contributed by atoms with Gasteiger partial charge in [-0.25, -0.2) is 8.42 Å². The van der Waals surface area contributed by atoms with Crippen molar-refractivity contribution in [2.75, 3.05) is 33.0 Å². The van der Waals surface area contributed by atoms with Crippen molar-refractivity contribution in [1.29, 1.82) is 0 Å². The first-order chi connectivity index (χ1) is 19.3. The van der Waals surface area contributed by atoms with Gasteiger partial charge in [0.25, 0.3) is 0 Å². The molecule has 0 rings (SSSR count). The van der Waals surface area contributed by atoms with Crippen molar-refractivity contribution in [2.24, 2.45) is 5.92 Å². The second kappa shape index (κ2) is 159. The molecule has 0 fully saturated rings. The molecule has 0 aromatic rings. The van der Waals surface area contributed by atoms with Crippen LogP contribution in [-0.4, -0.2) is 56.2 Å². The van der Waals surface area contributed by atoms with Gasteiger partial charge in [-0.05, 0) is 26.2 Å². The molecule has 1 unspecified atom stereocenters. The van der Waals surface area contributed by atoms with Crippen LogP contribution in [0.4, 0.5) is 0 Å². The van der Waals surface area contributed by atoms with Crippen LogP contribution in [0.3, 0.4) is 0 Å². The summed E-state index contributed by atoms with van der Waals surface area (Å²) in [5, 5.41) is 15.2. The molecule has 0 heterocycles. The Morgan fingerprint density at radius 2 is 0.902 bits per heavy atom. The van der Waals surface area contributed by atoms with Gasteiger partial charge in [0.1, 0.15) is 0 Å². The van der Waals surface area contributed by atoms with Crippen molar-refractivity contribution in [3.63, 3.8) is 0 Å². The Kier molecular flexibility index (Phi) is 322. The van der Waals surface area contributed by atoms with Crippen LogP contribution in [0.5, 0.6) is 0 Å². The van der Waals surface area contributed by atoms with Gasteiger partial charge in [0.05, 0.1) is 19.8 Å². The molecule has 0 spiro atoms. The number of hydrogen-bond donors (Lipinski definition) is 2. The molecule has 0 saturated heterocycles. The SMILES string of the molecule is C=C.C=C.C=C.C=C.C=C.C=C.C=C.C=C.C=C.CCCCC(CC)COS(=O)(=O)[O-].CCOCC.OCCO.[Na+]. The number of aliphatic hydroxyl groups is 2. The molecular formula is C32H69NaO7S. The zero-order valence-corrected chi connectivity index (χ0v) is 30.8. The average Bonchev–Trinajstić information content (AvgIpc) is 3.06. The fourth-order valence-corrected chi connectivity index (χ4v) is 1.64. The van der Waals surface area contributed by atoms with Crippen LogP contribution in [0.1, 0.15) is 53.4 Å². The molecule has 0 aliphatic rings. The summed E-state index contributed by atoms with van der Waals surface area (Å²) in [5.41, 5.74) is 0. The average molecular weight is 621 g/mol. The number of unbranched alkanes of at least 4 members (excludes halogenated alkanes) is 1. The van der Waals surface area contributed by atoms with E-state index in [1.165, 1.54) is 0 Å². The number of aliphatic hydroxyl groups excluding tert-OH is 2. The smallest absolute Gasteiger partial charge is 0.726 e. The van der Waals surface area contributed by atoms with Crippen molar-refractivity contribution in [3.8, 4) is 0 Å². The number of rotatable bonds is 10. The predicted octanol–water partition coefficient (Wildman–Crippen LogP) is 5.92. The molecule has 0 aromatic heterocycles. The predicted molar refractivity (Wildman–Crippen MR) is 187 cm³/mol. The van der Waals surface area contributed by atoms with Gasteiger partial charge in [0, 0.05) is 13.2 Å². The van der Waals surface area contributed by atoms with Gasteiger partial charge in [-0.1, -0.05) is 33.1 Å². The largest absolute Gasteiger partial charge is 1.00 e. The number of hydrogen-bond acceptors (Lipinski definition) is 7. The van der Waals surface area contributed by atoms with E-state index in [0.717, 1.165) is 38.9 Å². The molecule has 0 bridgehead atoms. The molecule has 0 amide bonds. The first kappa shape index (κ1) is 83.4. The summed E-state index contributed by atoms with van der Waals surface area (Å²) in [6, 6.07) is 0. The zero-order valence-electron chi connectivity index (χ0n) is 28.0. The van der Waals surface area contributed by atoms with Gasteiger partial charge in [-0.3, -0.25) is 4.18 Å². The maximum atomic E-state index is 10.1. The molecule has 2 N–H and O–H groups in total. The van der Waals surface area contributed by atoms with E-state index in [2.05, 4.69) is 130 Å².